The fraction of sp³-hybridized carbons (Fsp3) is 0. The minimum Gasteiger partial charge on any atom is -0.456 e. The maximum atomic E-state index is 6.46. The van der Waals surface area contributed by atoms with Gasteiger partial charge in [-0.25, -0.2) is 0 Å². The van der Waals surface area contributed by atoms with Crippen molar-refractivity contribution < 1.29 is 8.83 Å². The quantitative estimate of drug-likeness (QED) is 0.185. The number of hydrogen-bond acceptors (Lipinski definition) is 2. The van der Waals surface area contributed by atoms with Crippen molar-refractivity contribution in [1.29, 1.82) is 0 Å². The predicted molar refractivity (Wildman–Crippen MR) is 216 cm³/mol. The van der Waals surface area contributed by atoms with E-state index in [1.807, 2.05) is 0 Å². The summed E-state index contributed by atoms with van der Waals surface area (Å²) < 4.78 is 12.9. The van der Waals surface area contributed by atoms with E-state index in [9.17, 15) is 0 Å². The molecule has 2 aliphatic rings. The monoisotopic (exact) mass is 658 g/mol. The summed E-state index contributed by atoms with van der Waals surface area (Å²) >= 11 is 0. The van der Waals surface area contributed by atoms with Crippen molar-refractivity contribution in [3.8, 4) is 66.8 Å². The van der Waals surface area contributed by atoms with Crippen LogP contribution in [0.15, 0.2) is 167 Å². The molecule has 13 rings (SSSR count). The number of fused-ring (bicyclic) bond motifs is 12. The highest BCUT2D eigenvalue weighted by molar-refractivity contribution is 6.21. The molecule has 0 saturated heterocycles. The Balaban J connectivity index is 0.986. The van der Waals surface area contributed by atoms with Gasteiger partial charge in [0.2, 0.25) is 0 Å². The molecule has 2 aliphatic carbocycles. The summed E-state index contributed by atoms with van der Waals surface area (Å²) in [5.74, 6) is 0. The predicted octanol–water partition coefficient (Wildman–Crippen LogP) is 14.4. The van der Waals surface area contributed by atoms with Crippen LogP contribution in [-0.4, -0.2) is 0 Å². The fourth-order valence-electron chi connectivity index (χ4n) is 9.50. The first-order valence-corrected chi connectivity index (χ1v) is 17.9. The number of hydrogen-bond donors (Lipinski definition) is 0. The zero-order valence-corrected chi connectivity index (χ0v) is 27.8. The second-order valence-electron chi connectivity index (χ2n) is 14.3. The summed E-state index contributed by atoms with van der Waals surface area (Å²) in [6, 6.07) is 57.6. The number of benzene rings is 9. The number of rotatable bonds is 2. The van der Waals surface area contributed by atoms with Crippen molar-refractivity contribution in [2.45, 2.75) is 0 Å². The molecular formula is C50H26O2. The molecule has 0 radical (unpaired) electrons. The van der Waals surface area contributed by atoms with Crippen LogP contribution in [0.3, 0.4) is 0 Å². The Kier molecular flexibility index (Phi) is 4.89. The summed E-state index contributed by atoms with van der Waals surface area (Å²) in [5, 5.41) is 9.65. The Morgan fingerprint density at radius 2 is 0.615 bits per heavy atom. The first kappa shape index (κ1) is 26.9. The minimum atomic E-state index is 0.835. The van der Waals surface area contributed by atoms with Crippen molar-refractivity contribution in [1.82, 2.24) is 0 Å². The SMILES string of the molecule is c1ccc2c(c1)-c1cccc3c(-c4ccc5oc6cc7oc8ccc(-c9ccc%10c%11c(cccc9%11)-c9ccccc9-%10)cc8c7cc6c5c4)ccc-2c13. The van der Waals surface area contributed by atoms with Gasteiger partial charge in [-0.1, -0.05) is 121 Å². The van der Waals surface area contributed by atoms with E-state index in [1.54, 1.807) is 0 Å². The van der Waals surface area contributed by atoms with E-state index in [0.717, 1.165) is 43.9 Å². The lowest BCUT2D eigenvalue weighted by Crippen LogP contribution is -1.84. The molecule has 0 amide bonds. The lowest BCUT2D eigenvalue weighted by atomic mass is 9.93. The Morgan fingerprint density at radius 3 is 1.08 bits per heavy atom. The normalized spacial score (nSPS) is 12.6. The second-order valence-corrected chi connectivity index (χ2v) is 14.3. The molecule has 0 atom stereocenters. The van der Waals surface area contributed by atoms with Crippen LogP contribution < -0.4 is 0 Å². The minimum absolute atomic E-state index is 0.835. The first-order chi connectivity index (χ1) is 25.8. The molecule has 0 spiro atoms. The highest BCUT2D eigenvalue weighted by atomic mass is 16.3. The summed E-state index contributed by atoms with van der Waals surface area (Å²) in [6.07, 6.45) is 0. The largest absolute Gasteiger partial charge is 0.456 e. The van der Waals surface area contributed by atoms with Crippen LogP contribution in [0, 0.1) is 0 Å². The van der Waals surface area contributed by atoms with E-state index in [2.05, 4.69) is 158 Å². The molecule has 2 aromatic heterocycles. The highest BCUT2D eigenvalue weighted by Gasteiger charge is 2.24. The van der Waals surface area contributed by atoms with Crippen molar-refractivity contribution in [3.63, 3.8) is 0 Å². The molecular weight excluding hydrogens is 633 g/mol. The van der Waals surface area contributed by atoms with Crippen LogP contribution in [0.4, 0.5) is 0 Å². The molecule has 9 aromatic carbocycles. The number of furan rings is 2. The van der Waals surface area contributed by atoms with Gasteiger partial charge in [-0.05, 0) is 119 Å². The van der Waals surface area contributed by atoms with Crippen LogP contribution in [0.1, 0.15) is 0 Å². The van der Waals surface area contributed by atoms with Gasteiger partial charge in [0.05, 0.1) is 0 Å². The van der Waals surface area contributed by atoms with Gasteiger partial charge in [-0.2, -0.15) is 0 Å². The van der Waals surface area contributed by atoms with Gasteiger partial charge >= 0.3 is 0 Å². The Hall–Kier alpha value is -6.90. The van der Waals surface area contributed by atoms with Gasteiger partial charge in [-0.15, -0.1) is 0 Å². The van der Waals surface area contributed by atoms with E-state index >= 15 is 0 Å². The third-order valence-electron chi connectivity index (χ3n) is 11.8. The van der Waals surface area contributed by atoms with Crippen molar-refractivity contribution in [2.24, 2.45) is 0 Å². The van der Waals surface area contributed by atoms with Crippen LogP contribution in [0.25, 0.3) is 132 Å². The molecule has 0 fully saturated rings. The van der Waals surface area contributed by atoms with Crippen LogP contribution in [0.5, 0.6) is 0 Å². The molecule has 238 valence electrons. The van der Waals surface area contributed by atoms with E-state index in [0.29, 0.717) is 0 Å². The Bertz CT molecular complexity index is 3120. The van der Waals surface area contributed by atoms with Crippen LogP contribution in [0.2, 0.25) is 0 Å². The molecule has 2 nitrogen and oxygen atoms in total. The van der Waals surface area contributed by atoms with Gasteiger partial charge < -0.3 is 8.83 Å². The second kappa shape index (κ2) is 9.45. The molecule has 2 heterocycles. The maximum absolute atomic E-state index is 6.46. The average Bonchev–Trinajstić information content (AvgIpc) is 3.93. The lowest BCUT2D eigenvalue weighted by molar-refractivity contribution is 0.656. The summed E-state index contributed by atoms with van der Waals surface area (Å²) in [4.78, 5) is 0. The Morgan fingerprint density at radius 1 is 0.231 bits per heavy atom. The lowest BCUT2D eigenvalue weighted by Gasteiger charge is -2.10. The van der Waals surface area contributed by atoms with Crippen molar-refractivity contribution in [2.75, 3.05) is 0 Å². The molecule has 0 N–H and O–H groups in total. The van der Waals surface area contributed by atoms with E-state index in [4.69, 9.17) is 8.83 Å². The Labute approximate surface area is 297 Å². The summed E-state index contributed by atoms with van der Waals surface area (Å²) in [7, 11) is 0. The molecule has 2 heteroatoms. The third kappa shape index (κ3) is 3.35. The van der Waals surface area contributed by atoms with E-state index in [1.165, 1.54) is 88.3 Å². The zero-order chi connectivity index (χ0) is 33.7. The molecule has 0 unspecified atom stereocenters. The van der Waals surface area contributed by atoms with Gasteiger partial charge in [-0.3, -0.25) is 0 Å². The molecule has 52 heavy (non-hydrogen) atoms. The zero-order valence-electron chi connectivity index (χ0n) is 27.8. The first-order valence-electron chi connectivity index (χ1n) is 17.9. The van der Waals surface area contributed by atoms with Gasteiger partial charge in [0.1, 0.15) is 22.3 Å². The smallest absolute Gasteiger partial charge is 0.139 e. The summed E-state index contributed by atoms with van der Waals surface area (Å²) in [5.41, 5.74) is 18.8. The van der Waals surface area contributed by atoms with Gasteiger partial charge in [0.15, 0.2) is 0 Å². The molecule has 0 saturated carbocycles. The van der Waals surface area contributed by atoms with Crippen molar-refractivity contribution in [3.05, 3.63) is 158 Å². The molecule has 0 aliphatic heterocycles. The molecule has 11 aromatic rings. The van der Waals surface area contributed by atoms with E-state index < -0.39 is 0 Å². The van der Waals surface area contributed by atoms with Crippen LogP contribution in [-0.2, 0) is 0 Å². The summed E-state index contributed by atoms with van der Waals surface area (Å²) in [6.45, 7) is 0. The average molecular weight is 659 g/mol. The van der Waals surface area contributed by atoms with Crippen LogP contribution >= 0.6 is 0 Å². The maximum Gasteiger partial charge on any atom is 0.139 e. The van der Waals surface area contributed by atoms with Gasteiger partial charge in [0, 0.05) is 27.6 Å². The standard InChI is InChI=1S/C50H26O2/c1-3-9-33-31(7-1)37-13-5-11-35-29(17-19-39(33)49(35)37)27-15-21-45-41(23-27)43-25-44-42-24-28(16-22-46(42)52-48(44)26-47(43)51-45)30-18-20-40-34-10-4-2-8-32(34)38-14-6-12-36(30)50(38)40/h1-26H. The topological polar surface area (TPSA) is 26.3 Å². The highest BCUT2D eigenvalue weighted by Crippen LogP contribution is 2.51. The third-order valence-corrected chi connectivity index (χ3v) is 11.8. The van der Waals surface area contributed by atoms with Crippen molar-refractivity contribution >= 4 is 65.4 Å². The van der Waals surface area contributed by atoms with E-state index in [-0.39, 0.29) is 0 Å². The molecule has 0 bridgehead atoms. The van der Waals surface area contributed by atoms with Gasteiger partial charge in [0.25, 0.3) is 0 Å². The fourth-order valence-corrected chi connectivity index (χ4v) is 9.50.